The Bertz CT molecular complexity index is 521. The van der Waals surface area contributed by atoms with Gasteiger partial charge in [0.1, 0.15) is 0 Å². The fraction of sp³-hybridized carbons (Fsp3) is 0.895. The molecule has 0 aromatic heterocycles. The Morgan fingerprint density at radius 2 is 1.50 bits per heavy atom. The number of nitrogens with one attached hydrogen (secondary N) is 1. The molecule has 2 amide bonds. The van der Waals surface area contributed by atoms with Crippen molar-refractivity contribution in [2.75, 3.05) is 39.3 Å². The van der Waals surface area contributed by atoms with Crippen molar-refractivity contribution in [1.82, 2.24) is 15.1 Å². The van der Waals surface area contributed by atoms with Gasteiger partial charge in [-0.05, 0) is 36.6 Å². The molecule has 0 aliphatic carbocycles. The zero-order valence-corrected chi connectivity index (χ0v) is 15.8. The molecule has 136 valence electrons. The maximum absolute atomic E-state index is 13.3. The number of hydrogen-bond donors (Lipinski definition) is 1. The van der Waals surface area contributed by atoms with Crippen LogP contribution in [0.2, 0.25) is 0 Å². The Morgan fingerprint density at radius 1 is 0.917 bits per heavy atom. The van der Waals surface area contributed by atoms with Crippen LogP contribution < -0.4 is 5.32 Å². The normalized spacial score (nSPS) is 31.7. The highest BCUT2D eigenvalue weighted by Gasteiger charge is 2.48. The van der Waals surface area contributed by atoms with E-state index in [2.05, 4.69) is 33.0 Å². The second-order valence-electron chi connectivity index (χ2n) is 9.75. The molecule has 5 nitrogen and oxygen atoms in total. The van der Waals surface area contributed by atoms with Gasteiger partial charge in [-0.3, -0.25) is 9.59 Å². The van der Waals surface area contributed by atoms with Crippen LogP contribution in [0, 0.1) is 16.2 Å². The molecule has 1 unspecified atom stereocenters. The molecule has 0 aromatic carbocycles. The number of nitrogens with zero attached hydrogens (tertiary/aromatic N) is 2. The van der Waals surface area contributed by atoms with Crippen molar-refractivity contribution in [1.29, 1.82) is 0 Å². The van der Waals surface area contributed by atoms with Gasteiger partial charge in [-0.2, -0.15) is 0 Å². The van der Waals surface area contributed by atoms with Crippen molar-refractivity contribution in [3.05, 3.63) is 0 Å². The van der Waals surface area contributed by atoms with Gasteiger partial charge in [0.2, 0.25) is 11.8 Å². The first kappa shape index (κ1) is 17.7. The Hall–Kier alpha value is -1.10. The quantitative estimate of drug-likeness (QED) is 0.857. The lowest BCUT2D eigenvalue weighted by Crippen LogP contribution is -2.47. The lowest BCUT2D eigenvalue weighted by atomic mass is 9.81. The highest BCUT2D eigenvalue weighted by atomic mass is 16.2. The highest BCUT2D eigenvalue weighted by Crippen LogP contribution is 2.38. The summed E-state index contributed by atoms with van der Waals surface area (Å²) in [6.45, 7) is 13.6. The minimum Gasteiger partial charge on any atom is -0.342 e. The van der Waals surface area contributed by atoms with Crippen LogP contribution in [0.3, 0.4) is 0 Å². The summed E-state index contributed by atoms with van der Waals surface area (Å²) in [4.78, 5) is 30.1. The summed E-state index contributed by atoms with van der Waals surface area (Å²) in [5, 5.41) is 3.33. The molecule has 0 spiro atoms. The van der Waals surface area contributed by atoms with E-state index in [9.17, 15) is 9.59 Å². The molecule has 3 aliphatic rings. The van der Waals surface area contributed by atoms with Gasteiger partial charge >= 0.3 is 0 Å². The maximum Gasteiger partial charge on any atom is 0.230 e. The van der Waals surface area contributed by atoms with Crippen LogP contribution in [0.15, 0.2) is 0 Å². The molecule has 3 rings (SSSR count). The van der Waals surface area contributed by atoms with E-state index in [-0.39, 0.29) is 22.6 Å². The van der Waals surface area contributed by atoms with Crippen molar-refractivity contribution in [2.45, 2.75) is 53.4 Å². The van der Waals surface area contributed by atoms with Crippen molar-refractivity contribution in [2.24, 2.45) is 16.2 Å². The van der Waals surface area contributed by atoms with Gasteiger partial charge in [-0.1, -0.05) is 27.7 Å². The minimum atomic E-state index is -0.524. The van der Waals surface area contributed by atoms with E-state index in [1.165, 1.54) is 0 Å². The maximum atomic E-state index is 13.3. The number of rotatable bonds is 3. The zero-order valence-electron chi connectivity index (χ0n) is 15.8. The SMILES string of the molecule is CC1(C)CCN(C(=O)CC2(C(=O)N3CCC(C)(C)C3)CCNC2)C1. The van der Waals surface area contributed by atoms with Crippen molar-refractivity contribution < 1.29 is 9.59 Å². The number of carbonyl (C=O) groups is 2. The minimum absolute atomic E-state index is 0.163. The first-order chi connectivity index (χ1) is 11.1. The van der Waals surface area contributed by atoms with Crippen LogP contribution in [-0.2, 0) is 9.59 Å². The largest absolute Gasteiger partial charge is 0.342 e. The third-order valence-corrected chi connectivity index (χ3v) is 6.18. The van der Waals surface area contributed by atoms with Crippen LogP contribution in [0.4, 0.5) is 0 Å². The topological polar surface area (TPSA) is 52.7 Å². The molecule has 1 N–H and O–H groups in total. The van der Waals surface area contributed by atoms with Gasteiger partial charge < -0.3 is 15.1 Å². The van der Waals surface area contributed by atoms with E-state index >= 15 is 0 Å². The predicted octanol–water partition coefficient (Wildman–Crippen LogP) is 1.87. The number of amides is 2. The molecule has 5 heteroatoms. The Balaban J connectivity index is 1.70. The van der Waals surface area contributed by atoms with Crippen molar-refractivity contribution in [3.63, 3.8) is 0 Å². The third-order valence-electron chi connectivity index (χ3n) is 6.18. The van der Waals surface area contributed by atoms with E-state index in [0.717, 1.165) is 52.0 Å². The Labute approximate surface area is 146 Å². The first-order valence-electron chi connectivity index (χ1n) is 9.41. The van der Waals surface area contributed by atoms with Crippen molar-refractivity contribution >= 4 is 11.8 Å². The molecule has 0 saturated carbocycles. The summed E-state index contributed by atoms with van der Waals surface area (Å²) >= 11 is 0. The van der Waals surface area contributed by atoms with E-state index in [1.807, 2.05) is 9.80 Å². The molecule has 3 saturated heterocycles. The van der Waals surface area contributed by atoms with Gasteiger partial charge in [-0.15, -0.1) is 0 Å². The summed E-state index contributed by atoms with van der Waals surface area (Å²) in [7, 11) is 0. The summed E-state index contributed by atoms with van der Waals surface area (Å²) in [6.07, 6.45) is 3.26. The van der Waals surface area contributed by atoms with E-state index < -0.39 is 5.41 Å². The van der Waals surface area contributed by atoms with Crippen LogP contribution in [0.25, 0.3) is 0 Å². The molecule has 3 heterocycles. The lowest BCUT2D eigenvalue weighted by molar-refractivity contribution is -0.146. The van der Waals surface area contributed by atoms with Gasteiger partial charge in [0.05, 0.1) is 5.41 Å². The number of carbonyl (C=O) groups excluding carboxylic acids is 2. The van der Waals surface area contributed by atoms with E-state index in [0.29, 0.717) is 13.0 Å². The smallest absolute Gasteiger partial charge is 0.230 e. The molecule has 0 aromatic rings. The van der Waals surface area contributed by atoms with Crippen LogP contribution >= 0.6 is 0 Å². The average Bonchev–Trinajstić information content (AvgIpc) is 3.17. The third kappa shape index (κ3) is 3.46. The summed E-state index contributed by atoms with van der Waals surface area (Å²) in [5.41, 5.74) is -0.115. The fourth-order valence-electron chi connectivity index (χ4n) is 4.50. The summed E-state index contributed by atoms with van der Waals surface area (Å²) < 4.78 is 0. The van der Waals surface area contributed by atoms with Crippen molar-refractivity contribution in [3.8, 4) is 0 Å². The molecule has 3 fully saturated rings. The molecular formula is C19H33N3O2. The molecule has 3 aliphatic heterocycles. The number of hydrogen-bond acceptors (Lipinski definition) is 3. The van der Waals surface area contributed by atoms with Gasteiger partial charge in [0, 0.05) is 39.1 Å². The van der Waals surface area contributed by atoms with Crippen LogP contribution in [-0.4, -0.2) is 60.9 Å². The second kappa shape index (κ2) is 6.01. The fourth-order valence-corrected chi connectivity index (χ4v) is 4.50. The molecule has 0 bridgehead atoms. The molecule has 0 radical (unpaired) electrons. The highest BCUT2D eigenvalue weighted by molar-refractivity contribution is 5.90. The van der Waals surface area contributed by atoms with Gasteiger partial charge in [-0.25, -0.2) is 0 Å². The predicted molar refractivity (Wildman–Crippen MR) is 94.5 cm³/mol. The van der Waals surface area contributed by atoms with E-state index in [1.54, 1.807) is 0 Å². The lowest BCUT2D eigenvalue weighted by Gasteiger charge is -2.33. The number of likely N-dealkylation sites (tertiary alicyclic amines) is 2. The first-order valence-corrected chi connectivity index (χ1v) is 9.41. The second-order valence-corrected chi connectivity index (χ2v) is 9.75. The summed E-state index contributed by atoms with van der Waals surface area (Å²) in [5.74, 6) is 0.362. The molecular weight excluding hydrogens is 302 g/mol. The molecule has 1 atom stereocenters. The van der Waals surface area contributed by atoms with Crippen LogP contribution in [0.1, 0.15) is 53.4 Å². The Morgan fingerprint density at radius 3 is 1.96 bits per heavy atom. The average molecular weight is 335 g/mol. The van der Waals surface area contributed by atoms with E-state index in [4.69, 9.17) is 0 Å². The standard InChI is InChI=1S/C19H33N3O2/c1-17(2)6-9-21(13-17)15(23)11-19(5-8-20-12-19)16(24)22-10-7-18(3,4)14-22/h20H,5-14H2,1-4H3. The van der Waals surface area contributed by atoms with Crippen LogP contribution in [0.5, 0.6) is 0 Å². The zero-order chi connectivity index (χ0) is 17.6. The van der Waals surface area contributed by atoms with Gasteiger partial charge in [0.15, 0.2) is 0 Å². The van der Waals surface area contributed by atoms with Gasteiger partial charge in [0.25, 0.3) is 0 Å². The molecule has 24 heavy (non-hydrogen) atoms. The summed E-state index contributed by atoms with van der Waals surface area (Å²) in [6, 6.07) is 0. The monoisotopic (exact) mass is 335 g/mol. The Kier molecular flexibility index (Phi) is 4.44.